The molecule has 0 fully saturated rings. The van der Waals surface area contributed by atoms with E-state index in [4.69, 9.17) is 0 Å². The second-order valence-corrected chi connectivity index (χ2v) is 6.77. The summed E-state index contributed by atoms with van der Waals surface area (Å²) in [5, 5.41) is 7.28. The molecule has 0 bridgehead atoms. The summed E-state index contributed by atoms with van der Waals surface area (Å²) in [6.07, 6.45) is 0.337. The van der Waals surface area contributed by atoms with Gasteiger partial charge in [-0.15, -0.1) is 0 Å². The number of benzene rings is 2. The minimum absolute atomic E-state index is 0.0785. The molecule has 0 radical (unpaired) electrons. The van der Waals surface area contributed by atoms with Crippen LogP contribution in [0.4, 0.5) is 10.1 Å². The molecule has 4 aromatic rings. The number of hydrogen-bond donors (Lipinski definition) is 2. The van der Waals surface area contributed by atoms with Crippen LogP contribution in [-0.4, -0.2) is 25.7 Å². The molecule has 0 atom stereocenters. The van der Waals surface area contributed by atoms with Gasteiger partial charge in [0.2, 0.25) is 5.91 Å². The van der Waals surface area contributed by atoms with Gasteiger partial charge in [-0.2, -0.15) is 5.10 Å². The van der Waals surface area contributed by atoms with Crippen molar-refractivity contribution in [3.8, 4) is 11.4 Å². The summed E-state index contributed by atoms with van der Waals surface area (Å²) in [5.41, 5.74) is 5.06. The number of aromatic nitrogens is 4. The summed E-state index contributed by atoms with van der Waals surface area (Å²) < 4.78 is 14.9. The third-order valence-corrected chi connectivity index (χ3v) is 4.54. The molecule has 142 valence electrons. The Bertz CT molecular complexity index is 1140. The van der Waals surface area contributed by atoms with Crippen molar-refractivity contribution in [1.29, 1.82) is 0 Å². The number of carbonyl (C=O) groups is 1. The Hall–Kier alpha value is -3.48. The fourth-order valence-corrected chi connectivity index (χ4v) is 3.16. The number of nitrogens with zero attached hydrogens (tertiary/aromatic N) is 3. The number of aromatic amines is 1. The molecular weight excluding hydrogens is 357 g/mol. The number of nitrogens with one attached hydrogen (secondary N) is 2. The lowest BCUT2D eigenvalue weighted by atomic mass is 10.2. The first-order valence-corrected chi connectivity index (χ1v) is 9.04. The first-order valence-electron chi connectivity index (χ1n) is 9.04. The van der Waals surface area contributed by atoms with Crippen molar-refractivity contribution in [3.63, 3.8) is 0 Å². The monoisotopic (exact) mass is 377 g/mol. The zero-order chi connectivity index (χ0) is 19.7. The molecular formula is C21H20FN5O. The number of halogens is 1. The second-order valence-electron chi connectivity index (χ2n) is 6.77. The summed E-state index contributed by atoms with van der Waals surface area (Å²) in [7, 11) is 0. The lowest BCUT2D eigenvalue weighted by Crippen LogP contribution is -2.15. The Kier molecular flexibility index (Phi) is 4.65. The number of rotatable bonds is 5. The summed E-state index contributed by atoms with van der Waals surface area (Å²) in [5.74, 6) is 0.290. The summed E-state index contributed by atoms with van der Waals surface area (Å²) >= 11 is 0. The van der Waals surface area contributed by atoms with Gasteiger partial charge in [-0.25, -0.2) is 9.37 Å². The van der Waals surface area contributed by atoms with Crippen molar-refractivity contribution in [2.75, 3.05) is 5.32 Å². The third kappa shape index (κ3) is 3.78. The molecule has 2 aromatic heterocycles. The molecule has 7 heteroatoms. The average Bonchev–Trinajstić information content (AvgIpc) is 3.22. The van der Waals surface area contributed by atoms with E-state index < -0.39 is 0 Å². The van der Waals surface area contributed by atoms with Gasteiger partial charge in [-0.05, 0) is 62.4 Å². The predicted molar refractivity (Wildman–Crippen MR) is 106 cm³/mol. The number of amides is 1. The van der Waals surface area contributed by atoms with Crippen LogP contribution < -0.4 is 5.32 Å². The quantitative estimate of drug-likeness (QED) is 0.547. The Morgan fingerprint density at radius 2 is 1.93 bits per heavy atom. The summed E-state index contributed by atoms with van der Waals surface area (Å²) in [6.45, 7) is 4.44. The van der Waals surface area contributed by atoms with E-state index in [0.717, 1.165) is 28.0 Å². The van der Waals surface area contributed by atoms with Gasteiger partial charge in [0.05, 0.1) is 16.7 Å². The van der Waals surface area contributed by atoms with Crippen LogP contribution in [0.1, 0.15) is 17.8 Å². The molecule has 28 heavy (non-hydrogen) atoms. The highest BCUT2D eigenvalue weighted by atomic mass is 19.1. The molecule has 0 aliphatic heterocycles. The van der Waals surface area contributed by atoms with Crippen LogP contribution in [0.15, 0.2) is 48.5 Å². The standard InChI is InChI=1S/C21H20FN5O/c1-13-11-14(2)27(26-13)10-9-20(28)23-17-7-8-18-19(12-17)25-21(24-18)15-3-5-16(22)6-4-15/h3-8,11-12H,9-10H2,1-2H3,(H,23,28)(H,24,25). The molecule has 0 spiro atoms. The number of imidazole rings is 1. The van der Waals surface area contributed by atoms with E-state index in [1.54, 1.807) is 12.1 Å². The largest absolute Gasteiger partial charge is 0.338 e. The molecule has 2 aromatic carbocycles. The maximum Gasteiger partial charge on any atom is 0.226 e. The van der Waals surface area contributed by atoms with Gasteiger partial charge in [-0.3, -0.25) is 9.48 Å². The number of H-pyrrole nitrogens is 1. The number of aryl methyl sites for hydroxylation is 3. The van der Waals surface area contributed by atoms with E-state index in [1.807, 2.05) is 42.8 Å². The highest BCUT2D eigenvalue weighted by Gasteiger charge is 2.09. The van der Waals surface area contributed by atoms with Crippen molar-refractivity contribution >= 4 is 22.6 Å². The lowest BCUT2D eigenvalue weighted by molar-refractivity contribution is -0.116. The van der Waals surface area contributed by atoms with Gasteiger partial charge in [0.25, 0.3) is 0 Å². The third-order valence-electron chi connectivity index (χ3n) is 4.54. The normalized spacial score (nSPS) is 11.1. The molecule has 2 N–H and O–H groups in total. The van der Waals surface area contributed by atoms with E-state index in [2.05, 4.69) is 20.4 Å². The zero-order valence-corrected chi connectivity index (χ0v) is 15.7. The molecule has 6 nitrogen and oxygen atoms in total. The van der Waals surface area contributed by atoms with Gasteiger partial charge in [0, 0.05) is 29.9 Å². The van der Waals surface area contributed by atoms with Crippen LogP contribution in [-0.2, 0) is 11.3 Å². The van der Waals surface area contributed by atoms with Crippen LogP contribution in [0.2, 0.25) is 0 Å². The highest BCUT2D eigenvalue weighted by molar-refractivity contribution is 5.93. The zero-order valence-electron chi connectivity index (χ0n) is 15.7. The number of carbonyl (C=O) groups excluding carboxylic acids is 1. The van der Waals surface area contributed by atoms with Crippen LogP contribution >= 0.6 is 0 Å². The van der Waals surface area contributed by atoms with Gasteiger partial charge >= 0.3 is 0 Å². The van der Waals surface area contributed by atoms with Crippen molar-refractivity contribution in [2.24, 2.45) is 0 Å². The Morgan fingerprint density at radius 1 is 1.14 bits per heavy atom. The van der Waals surface area contributed by atoms with E-state index >= 15 is 0 Å². The van der Waals surface area contributed by atoms with Crippen LogP contribution in [0.5, 0.6) is 0 Å². The minimum Gasteiger partial charge on any atom is -0.338 e. The number of anilines is 1. The minimum atomic E-state index is -0.287. The maximum absolute atomic E-state index is 13.1. The fourth-order valence-electron chi connectivity index (χ4n) is 3.16. The van der Waals surface area contributed by atoms with E-state index in [0.29, 0.717) is 24.5 Å². The van der Waals surface area contributed by atoms with Gasteiger partial charge < -0.3 is 10.3 Å². The van der Waals surface area contributed by atoms with Crippen LogP contribution in [0.3, 0.4) is 0 Å². The molecule has 0 aliphatic rings. The van der Waals surface area contributed by atoms with Gasteiger partial charge in [0.1, 0.15) is 11.6 Å². The number of fused-ring (bicyclic) bond motifs is 1. The van der Waals surface area contributed by atoms with Crippen molar-refractivity contribution < 1.29 is 9.18 Å². The molecule has 0 aliphatic carbocycles. The van der Waals surface area contributed by atoms with E-state index in [1.165, 1.54) is 12.1 Å². The highest BCUT2D eigenvalue weighted by Crippen LogP contribution is 2.23. The van der Waals surface area contributed by atoms with Gasteiger partial charge in [0.15, 0.2) is 0 Å². The maximum atomic E-state index is 13.1. The second kappa shape index (κ2) is 7.26. The average molecular weight is 377 g/mol. The van der Waals surface area contributed by atoms with E-state index in [-0.39, 0.29) is 11.7 Å². The van der Waals surface area contributed by atoms with Crippen molar-refractivity contribution in [1.82, 2.24) is 19.7 Å². The van der Waals surface area contributed by atoms with Crippen molar-refractivity contribution in [2.45, 2.75) is 26.8 Å². The Labute approximate surface area is 161 Å². The van der Waals surface area contributed by atoms with Crippen LogP contribution in [0.25, 0.3) is 22.4 Å². The van der Waals surface area contributed by atoms with E-state index in [9.17, 15) is 9.18 Å². The molecule has 4 rings (SSSR count). The number of hydrogen-bond acceptors (Lipinski definition) is 3. The first kappa shape index (κ1) is 17.9. The topological polar surface area (TPSA) is 75.6 Å². The first-order chi connectivity index (χ1) is 13.5. The fraction of sp³-hybridized carbons (Fsp3) is 0.190. The van der Waals surface area contributed by atoms with Crippen molar-refractivity contribution in [3.05, 3.63) is 65.7 Å². The smallest absolute Gasteiger partial charge is 0.226 e. The summed E-state index contributed by atoms with van der Waals surface area (Å²) in [4.78, 5) is 20.0. The molecule has 0 saturated carbocycles. The molecule has 0 saturated heterocycles. The Balaban J connectivity index is 1.46. The lowest BCUT2D eigenvalue weighted by Gasteiger charge is -2.06. The molecule has 1 amide bonds. The molecule has 0 unspecified atom stereocenters. The predicted octanol–water partition coefficient (Wildman–Crippen LogP) is 4.21. The summed E-state index contributed by atoms with van der Waals surface area (Å²) in [6, 6.07) is 13.6. The van der Waals surface area contributed by atoms with Gasteiger partial charge in [-0.1, -0.05) is 0 Å². The van der Waals surface area contributed by atoms with Crippen LogP contribution in [0, 0.1) is 19.7 Å². The SMILES string of the molecule is Cc1cc(C)n(CCC(=O)Nc2ccc3nc(-c4ccc(F)cc4)[nH]c3c2)n1. The Morgan fingerprint density at radius 3 is 2.64 bits per heavy atom. The molecule has 2 heterocycles.